The smallest absolute Gasteiger partial charge is 0.274 e. The first-order valence-corrected chi connectivity index (χ1v) is 6.10. The van der Waals surface area contributed by atoms with Gasteiger partial charge >= 0.3 is 0 Å². The lowest BCUT2D eigenvalue weighted by Crippen LogP contribution is -2.48. The molecule has 5 nitrogen and oxygen atoms in total. The van der Waals surface area contributed by atoms with Crippen LogP contribution in [0.2, 0.25) is 0 Å². The van der Waals surface area contributed by atoms with E-state index in [4.69, 9.17) is 0 Å². The van der Waals surface area contributed by atoms with Crippen LogP contribution < -0.4 is 5.32 Å². The summed E-state index contributed by atoms with van der Waals surface area (Å²) in [5.74, 6) is -0.0192. The third-order valence-corrected chi connectivity index (χ3v) is 3.10. The van der Waals surface area contributed by atoms with E-state index >= 15 is 0 Å². The molecule has 1 N–H and O–H groups in total. The summed E-state index contributed by atoms with van der Waals surface area (Å²) in [6.45, 7) is 4.64. The van der Waals surface area contributed by atoms with E-state index in [-0.39, 0.29) is 11.9 Å². The van der Waals surface area contributed by atoms with Crippen LogP contribution in [0.3, 0.4) is 0 Å². The summed E-state index contributed by atoms with van der Waals surface area (Å²) in [7, 11) is 0. The zero-order chi connectivity index (χ0) is 12.1. The van der Waals surface area contributed by atoms with Crippen molar-refractivity contribution in [3.63, 3.8) is 0 Å². The average Bonchev–Trinajstić information content (AvgIpc) is 2.42. The molecule has 0 aromatic carbocycles. The first-order valence-electron chi connectivity index (χ1n) is 6.10. The van der Waals surface area contributed by atoms with Gasteiger partial charge in [0.1, 0.15) is 5.69 Å². The summed E-state index contributed by atoms with van der Waals surface area (Å²) >= 11 is 0. The summed E-state index contributed by atoms with van der Waals surface area (Å²) in [4.78, 5) is 22.2. The van der Waals surface area contributed by atoms with Crippen LogP contribution in [0.4, 0.5) is 0 Å². The molecule has 0 aliphatic carbocycles. The number of piperidine rings is 1. The van der Waals surface area contributed by atoms with Crippen molar-refractivity contribution in [2.45, 2.75) is 25.8 Å². The standard InChI is InChI=1S/C12H18N4O/c1-2-16(10-4-3-5-13-8-10)12(17)11-9-14-6-7-15-11/h6-7,9-10,13H,2-5,8H2,1H3. The Morgan fingerprint density at radius 3 is 3.06 bits per heavy atom. The topological polar surface area (TPSA) is 58.1 Å². The number of aromatic nitrogens is 2. The van der Waals surface area contributed by atoms with Gasteiger partial charge in [0.25, 0.3) is 5.91 Å². The number of carbonyl (C=O) groups is 1. The van der Waals surface area contributed by atoms with E-state index in [2.05, 4.69) is 15.3 Å². The van der Waals surface area contributed by atoms with Crippen molar-refractivity contribution < 1.29 is 4.79 Å². The summed E-state index contributed by atoms with van der Waals surface area (Å²) < 4.78 is 0. The Labute approximate surface area is 101 Å². The molecule has 1 aromatic rings. The van der Waals surface area contributed by atoms with Crippen LogP contribution in [-0.4, -0.2) is 46.5 Å². The average molecular weight is 234 g/mol. The maximum atomic E-state index is 12.3. The van der Waals surface area contributed by atoms with Crippen LogP contribution in [0.25, 0.3) is 0 Å². The zero-order valence-corrected chi connectivity index (χ0v) is 10.1. The quantitative estimate of drug-likeness (QED) is 0.836. The summed E-state index contributed by atoms with van der Waals surface area (Å²) in [6.07, 6.45) is 6.85. The van der Waals surface area contributed by atoms with E-state index in [9.17, 15) is 4.79 Å². The second-order valence-electron chi connectivity index (χ2n) is 4.18. The molecule has 1 aromatic heterocycles. The minimum absolute atomic E-state index is 0.0192. The molecule has 1 aliphatic heterocycles. The Hall–Kier alpha value is -1.49. The normalized spacial score (nSPS) is 19.9. The molecule has 1 saturated heterocycles. The number of hydrogen-bond donors (Lipinski definition) is 1. The van der Waals surface area contributed by atoms with Crippen molar-refractivity contribution in [1.29, 1.82) is 0 Å². The molecular formula is C12H18N4O. The summed E-state index contributed by atoms with van der Waals surface area (Å²) in [6, 6.07) is 0.281. The molecule has 0 bridgehead atoms. The number of hydrogen-bond acceptors (Lipinski definition) is 4. The minimum atomic E-state index is -0.0192. The monoisotopic (exact) mass is 234 g/mol. The maximum Gasteiger partial charge on any atom is 0.274 e. The first kappa shape index (κ1) is 12.0. The second kappa shape index (κ2) is 5.72. The van der Waals surface area contributed by atoms with Gasteiger partial charge in [0, 0.05) is 31.5 Å². The van der Waals surface area contributed by atoms with Crippen LogP contribution in [0, 0.1) is 0 Å². The van der Waals surface area contributed by atoms with Crippen LogP contribution >= 0.6 is 0 Å². The van der Waals surface area contributed by atoms with Gasteiger partial charge in [0.15, 0.2) is 0 Å². The van der Waals surface area contributed by atoms with Crippen LogP contribution in [0.1, 0.15) is 30.3 Å². The molecule has 0 spiro atoms. The minimum Gasteiger partial charge on any atom is -0.333 e. The molecule has 1 atom stereocenters. The third kappa shape index (κ3) is 2.79. The SMILES string of the molecule is CCN(C(=O)c1cnccn1)C1CCCNC1. The van der Waals surface area contributed by atoms with Crippen molar-refractivity contribution in [2.24, 2.45) is 0 Å². The predicted octanol–water partition coefficient (Wildman–Crippen LogP) is 0.691. The molecule has 1 aliphatic rings. The number of nitrogens with zero attached hydrogens (tertiary/aromatic N) is 3. The largest absolute Gasteiger partial charge is 0.333 e. The van der Waals surface area contributed by atoms with Gasteiger partial charge in [-0.25, -0.2) is 4.98 Å². The predicted molar refractivity (Wildman–Crippen MR) is 64.6 cm³/mol. The van der Waals surface area contributed by atoms with Crippen molar-refractivity contribution >= 4 is 5.91 Å². The second-order valence-corrected chi connectivity index (χ2v) is 4.18. The highest BCUT2D eigenvalue weighted by atomic mass is 16.2. The van der Waals surface area contributed by atoms with Gasteiger partial charge in [-0.05, 0) is 26.3 Å². The molecule has 17 heavy (non-hydrogen) atoms. The van der Waals surface area contributed by atoms with Crippen molar-refractivity contribution in [1.82, 2.24) is 20.2 Å². The fourth-order valence-electron chi connectivity index (χ4n) is 2.22. The van der Waals surface area contributed by atoms with Crippen LogP contribution in [0.5, 0.6) is 0 Å². The molecule has 2 heterocycles. The van der Waals surface area contributed by atoms with Crippen molar-refractivity contribution in [3.8, 4) is 0 Å². The molecule has 5 heteroatoms. The summed E-state index contributed by atoms with van der Waals surface area (Å²) in [5.41, 5.74) is 0.430. The van der Waals surface area contributed by atoms with Gasteiger partial charge in [0.05, 0.1) is 6.20 Å². The van der Waals surface area contributed by atoms with Gasteiger partial charge in [-0.1, -0.05) is 0 Å². The molecule has 0 saturated carbocycles. The Balaban J connectivity index is 2.09. The molecular weight excluding hydrogens is 216 g/mol. The van der Waals surface area contributed by atoms with E-state index in [1.165, 1.54) is 6.20 Å². The Morgan fingerprint density at radius 1 is 1.59 bits per heavy atom. The first-order chi connectivity index (χ1) is 8.33. The van der Waals surface area contributed by atoms with Gasteiger partial charge in [-0.2, -0.15) is 0 Å². The van der Waals surface area contributed by atoms with Gasteiger partial charge in [0.2, 0.25) is 0 Å². The molecule has 2 rings (SSSR count). The molecule has 1 unspecified atom stereocenters. The van der Waals surface area contributed by atoms with Gasteiger partial charge in [-0.15, -0.1) is 0 Å². The van der Waals surface area contributed by atoms with Crippen LogP contribution in [0.15, 0.2) is 18.6 Å². The number of nitrogens with one attached hydrogen (secondary N) is 1. The van der Waals surface area contributed by atoms with E-state index in [0.29, 0.717) is 12.2 Å². The number of rotatable bonds is 3. The fourth-order valence-corrected chi connectivity index (χ4v) is 2.22. The fraction of sp³-hybridized carbons (Fsp3) is 0.583. The number of carbonyl (C=O) groups excluding carboxylic acids is 1. The molecule has 1 amide bonds. The highest BCUT2D eigenvalue weighted by Crippen LogP contribution is 2.12. The zero-order valence-electron chi connectivity index (χ0n) is 10.1. The lowest BCUT2D eigenvalue weighted by molar-refractivity contribution is 0.0655. The Morgan fingerprint density at radius 2 is 2.47 bits per heavy atom. The number of amides is 1. The maximum absolute atomic E-state index is 12.3. The highest BCUT2D eigenvalue weighted by Gasteiger charge is 2.25. The van der Waals surface area contributed by atoms with Crippen molar-refractivity contribution in [2.75, 3.05) is 19.6 Å². The lowest BCUT2D eigenvalue weighted by Gasteiger charge is -2.33. The van der Waals surface area contributed by atoms with Gasteiger partial charge < -0.3 is 10.2 Å². The lowest BCUT2D eigenvalue weighted by atomic mass is 10.1. The Kier molecular flexibility index (Phi) is 4.03. The summed E-state index contributed by atoms with van der Waals surface area (Å²) in [5, 5.41) is 3.33. The van der Waals surface area contributed by atoms with E-state index in [1.807, 2.05) is 11.8 Å². The van der Waals surface area contributed by atoms with Gasteiger partial charge in [-0.3, -0.25) is 9.78 Å². The third-order valence-electron chi connectivity index (χ3n) is 3.10. The number of likely N-dealkylation sites (N-methyl/N-ethyl adjacent to an activating group) is 1. The van der Waals surface area contributed by atoms with E-state index < -0.39 is 0 Å². The van der Waals surface area contributed by atoms with Crippen molar-refractivity contribution in [3.05, 3.63) is 24.3 Å². The highest BCUT2D eigenvalue weighted by molar-refractivity contribution is 5.92. The van der Waals surface area contributed by atoms with Crippen LogP contribution in [-0.2, 0) is 0 Å². The Bertz CT molecular complexity index is 362. The van der Waals surface area contributed by atoms with E-state index in [0.717, 1.165) is 25.9 Å². The molecule has 1 fully saturated rings. The molecule has 92 valence electrons. The van der Waals surface area contributed by atoms with E-state index in [1.54, 1.807) is 12.4 Å². The molecule has 0 radical (unpaired) electrons.